The number of amides is 1. The van der Waals surface area contributed by atoms with E-state index >= 15 is 0 Å². The molecule has 0 radical (unpaired) electrons. The first-order valence-corrected chi connectivity index (χ1v) is 7.66. The van der Waals surface area contributed by atoms with E-state index in [4.69, 9.17) is 4.74 Å². The van der Waals surface area contributed by atoms with Crippen LogP contribution in [0.15, 0.2) is 33.4 Å². The zero-order valence-corrected chi connectivity index (χ0v) is 12.7. The number of benzene rings is 1. The molecule has 1 amide bonds. The lowest BCUT2D eigenvalue weighted by Gasteiger charge is -2.07. The molecule has 0 fully saturated rings. The van der Waals surface area contributed by atoms with Crippen molar-refractivity contribution in [2.24, 2.45) is 0 Å². The van der Waals surface area contributed by atoms with Crippen LogP contribution in [-0.4, -0.2) is 24.8 Å². The van der Waals surface area contributed by atoms with Crippen molar-refractivity contribution in [1.29, 1.82) is 0 Å². The van der Waals surface area contributed by atoms with Gasteiger partial charge >= 0.3 is 0 Å². The number of nitrogens with one attached hydrogen (secondary N) is 1. The summed E-state index contributed by atoms with van der Waals surface area (Å²) in [6, 6.07) is 6.72. The van der Waals surface area contributed by atoms with Gasteiger partial charge in [0.05, 0.1) is 15.9 Å². The second kappa shape index (κ2) is 5.38. The molecule has 6 heteroatoms. The summed E-state index contributed by atoms with van der Waals surface area (Å²) in [6.45, 7) is 0.901. The number of fused-ring (bicyclic) bond motifs is 1. The Balaban J connectivity index is 1.99. The molecule has 1 N–H and O–H groups in total. The molecule has 1 aromatic carbocycles. The Hall–Kier alpha value is -1.66. The summed E-state index contributed by atoms with van der Waals surface area (Å²) >= 11 is 4.79. The predicted octanol–water partition coefficient (Wildman–Crippen LogP) is 2.86. The van der Waals surface area contributed by atoms with E-state index in [0.29, 0.717) is 35.6 Å². The van der Waals surface area contributed by atoms with Gasteiger partial charge in [0.15, 0.2) is 5.78 Å². The van der Waals surface area contributed by atoms with Gasteiger partial charge in [-0.05, 0) is 40.2 Å². The maximum atomic E-state index is 12.4. The SMILES string of the molecule is O=C(c1csc(Br)c1)c1ccc2c(c1)C(=O)NCCO2. The Morgan fingerprint density at radius 1 is 1.30 bits per heavy atom. The molecular formula is C14H10BrNO3S. The lowest BCUT2D eigenvalue weighted by atomic mass is 10.0. The van der Waals surface area contributed by atoms with Crippen molar-refractivity contribution in [3.63, 3.8) is 0 Å². The number of hydrogen-bond donors (Lipinski definition) is 1. The topological polar surface area (TPSA) is 55.4 Å². The van der Waals surface area contributed by atoms with E-state index in [-0.39, 0.29) is 11.7 Å². The number of thiophene rings is 1. The van der Waals surface area contributed by atoms with E-state index in [2.05, 4.69) is 21.2 Å². The quantitative estimate of drug-likeness (QED) is 0.846. The average molecular weight is 352 g/mol. The maximum Gasteiger partial charge on any atom is 0.255 e. The van der Waals surface area contributed by atoms with Gasteiger partial charge in [-0.1, -0.05) is 0 Å². The van der Waals surface area contributed by atoms with Gasteiger partial charge in [0.25, 0.3) is 5.91 Å². The Labute approximate surface area is 127 Å². The van der Waals surface area contributed by atoms with Gasteiger partial charge in [0, 0.05) is 16.5 Å². The number of ketones is 1. The Kier molecular flexibility index (Phi) is 3.58. The third-order valence-corrected chi connectivity index (χ3v) is 4.47. The minimum absolute atomic E-state index is 0.105. The zero-order valence-electron chi connectivity index (χ0n) is 10.3. The first-order chi connectivity index (χ1) is 9.65. The number of ether oxygens (including phenoxy) is 1. The molecule has 0 aliphatic carbocycles. The van der Waals surface area contributed by atoms with Gasteiger partial charge in [0.1, 0.15) is 12.4 Å². The van der Waals surface area contributed by atoms with Crippen molar-refractivity contribution in [3.8, 4) is 5.75 Å². The van der Waals surface area contributed by atoms with Crippen LogP contribution in [0.4, 0.5) is 0 Å². The van der Waals surface area contributed by atoms with Crippen molar-refractivity contribution in [1.82, 2.24) is 5.32 Å². The Morgan fingerprint density at radius 2 is 2.15 bits per heavy atom. The molecule has 2 heterocycles. The fourth-order valence-electron chi connectivity index (χ4n) is 1.99. The van der Waals surface area contributed by atoms with Gasteiger partial charge in [-0.15, -0.1) is 11.3 Å². The summed E-state index contributed by atoms with van der Waals surface area (Å²) in [6.07, 6.45) is 0. The van der Waals surface area contributed by atoms with Gasteiger partial charge in [0.2, 0.25) is 0 Å². The monoisotopic (exact) mass is 351 g/mol. The van der Waals surface area contributed by atoms with Gasteiger partial charge in [-0.2, -0.15) is 0 Å². The van der Waals surface area contributed by atoms with Gasteiger partial charge in [-0.3, -0.25) is 9.59 Å². The molecule has 0 atom stereocenters. The molecule has 4 nitrogen and oxygen atoms in total. The van der Waals surface area contributed by atoms with E-state index in [0.717, 1.165) is 3.79 Å². The molecule has 2 aromatic rings. The second-order valence-electron chi connectivity index (χ2n) is 4.28. The summed E-state index contributed by atoms with van der Waals surface area (Å²) in [5.74, 6) is 0.202. The molecule has 0 unspecified atom stereocenters. The number of carbonyl (C=O) groups is 2. The van der Waals surface area contributed by atoms with Crippen LogP contribution in [0.1, 0.15) is 26.3 Å². The van der Waals surface area contributed by atoms with Crippen LogP contribution < -0.4 is 10.1 Å². The minimum Gasteiger partial charge on any atom is -0.491 e. The van der Waals surface area contributed by atoms with Crippen molar-refractivity contribution in [3.05, 3.63) is 50.1 Å². The highest BCUT2D eigenvalue weighted by Gasteiger charge is 2.19. The van der Waals surface area contributed by atoms with Crippen LogP contribution in [0.25, 0.3) is 0 Å². The molecule has 1 aromatic heterocycles. The Bertz CT molecular complexity index is 695. The van der Waals surface area contributed by atoms with E-state index in [1.807, 2.05) is 0 Å². The molecule has 20 heavy (non-hydrogen) atoms. The maximum absolute atomic E-state index is 12.4. The summed E-state index contributed by atoms with van der Waals surface area (Å²) in [4.78, 5) is 24.3. The molecular weight excluding hydrogens is 342 g/mol. The fourth-order valence-corrected chi connectivity index (χ4v) is 3.13. The number of hydrogen-bond acceptors (Lipinski definition) is 4. The number of rotatable bonds is 2. The molecule has 0 saturated carbocycles. The normalized spacial score (nSPS) is 13.9. The Morgan fingerprint density at radius 3 is 2.90 bits per heavy atom. The average Bonchev–Trinajstić information content (AvgIpc) is 2.80. The molecule has 1 aliphatic rings. The van der Waals surface area contributed by atoms with Crippen LogP contribution in [0.2, 0.25) is 0 Å². The van der Waals surface area contributed by atoms with Crippen LogP contribution >= 0.6 is 27.3 Å². The molecule has 3 rings (SSSR count). The van der Waals surface area contributed by atoms with Crippen LogP contribution in [0.5, 0.6) is 5.75 Å². The van der Waals surface area contributed by atoms with Crippen molar-refractivity contribution in [2.45, 2.75) is 0 Å². The smallest absolute Gasteiger partial charge is 0.255 e. The lowest BCUT2D eigenvalue weighted by Crippen LogP contribution is -2.24. The van der Waals surface area contributed by atoms with Crippen molar-refractivity contribution >= 4 is 39.0 Å². The molecule has 102 valence electrons. The van der Waals surface area contributed by atoms with Crippen LogP contribution in [0, 0.1) is 0 Å². The standard InChI is InChI=1S/C14H10BrNO3S/c15-12-6-9(7-20-12)13(17)8-1-2-11-10(5-8)14(18)16-3-4-19-11/h1-2,5-7H,3-4H2,(H,16,18). The highest BCUT2D eigenvalue weighted by atomic mass is 79.9. The van der Waals surface area contributed by atoms with Crippen molar-refractivity contribution in [2.75, 3.05) is 13.2 Å². The highest BCUT2D eigenvalue weighted by molar-refractivity contribution is 9.11. The summed E-state index contributed by atoms with van der Waals surface area (Å²) in [5.41, 5.74) is 1.49. The fraction of sp³-hybridized carbons (Fsp3) is 0.143. The van der Waals surface area contributed by atoms with E-state index < -0.39 is 0 Å². The minimum atomic E-state index is -0.210. The first kappa shape index (κ1) is 13.3. The van der Waals surface area contributed by atoms with Crippen molar-refractivity contribution < 1.29 is 14.3 Å². The molecule has 1 aliphatic heterocycles. The number of halogens is 1. The van der Waals surface area contributed by atoms with E-state index in [1.165, 1.54) is 11.3 Å². The van der Waals surface area contributed by atoms with E-state index in [1.54, 1.807) is 29.6 Å². The largest absolute Gasteiger partial charge is 0.491 e. The third-order valence-electron chi connectivity index (χ3n) is 2.96. The lowest BCUT2D eigenvalue weighted by molar-refractivity contribution is 0.0957. The first-order valence-electron chi connectivity index (χ1n) is 5.99. The van der Waals surface area contributed by atoms with Gasteiger partial charge < -0.3 is 10.1 Å². The van der Waals surface area contributed by atoms with Crippen LogP contribution in [-0.2, 0) is 0 Å². The van der Waals surface area contributed by atoms with Crippen LogP contribution in [0.3, 0.4) is 0 Å². The molecule has 0 spiro atoms. The summed E-state index contributed by atoms with van der Waals surface area (Å²) < 4.78 is 6.36. The molecule has 0 saturated heterocycles. The highest BCUT2D eigenvalue weighted by Crippen LogP contribution is 2.26. The summed E-state index contributed by atoms with van der Waals surface area (Å²) in [7, 11) is 0. The number of carbonyl (C=O) groups excluding carboxylic acids is 2. The predicted molar refractivity (Wildman–Crippen MR) is 79.7 cm³/mol. The zero-order chi connectivity index (χ0) is 14.1. The summed E-state index contributed by atoms with van der Waals surface area (Å²) in [5, 5.41) is 4.52. The molecule has 0 bridgehead atoms. The third kappa shape index (κ3) is 2.48. The van der Waals surface area contributed by atoms with Gasteiger partial charge in [-0.25, -0.2) is 0 Å². The second-order valence-corrected chi connectivity index (χ2v) is 6.57. The van der Waals surface area contributed by atoms with E-state index in [9.17, 15) is 9.59 Å².